The molecule has 1 aromatic rings. The van der Waals surface area contributed by atoms with Gasteiger partial charge < -0.3 is 10.1 Å². The van der Waals surface area contributed by atoms with Crippen LogP contribution in [-0.2, 0) is 4.74 Å². The summed E-state index contributed by atoms with van der Waals surface area (Å²) in [5, 5.41) is 3.13. The molecular formula is C13H19BrFNO. The topological polar surface area (TPSA) is 21.3 Å². The fraction of sp³-hybridized carbons (Fsp3) is 0.538. The van der Waals surface area contributed by atoms with Crippen LogP contribution in [0.1, 0.15) is 25.5 Å². The SMILES string of the molecule is CNC(c1cc(Br)ccc1F)C(OC)C(C)C. The second-order valence-corrected chi connectivity index (χ2v) is 5.29. The first-order valence-corrected chi connectivity index (χ1v) is 6.45. The number of nitrogens with one attached hydrogen (secondary N) is 1. The summed E-state index contributed by atoms with van der Waals surface area (Å²) in [6.45, 7) is 4.13. The van der Waals surface area contributed by atoms with Gasteiger partial charge in [-0.1, -0.05) is 29.8 Å². The van der Waals surface area contributed by atoms with Gasteiger partial charge in [0.25, 0.3) is 0 Å². The third kappa shape index (κ3) is 3.50. The molecule has 0 bridgehead atoms. The van der Waals surface area contributed by atoms with Crippen LogP contribution in [-0.4, -0.2) is 20.3 Å². The third-order valence-electron chi connectivity index (χ3n) is 2.86. The van der Waals surface area contributed by atoms with Gasteiger partial charge >= 0.3 is 0 Å². The minimum absolute atomic E-state index is 0.0659. The normalized spacial score (nSPS) is 15.0. The Morgan fingerprint density at radius 1 is 1.35 bits per heavy atom. The molecule has 0 fully saturated rings. The molecule has 1 N–H and O–H groups in total. The summed E-state index contributed by atoms with van der Waals surface area (Å²) in [6, 6.07) is 4.81. The van der Waals surface area contributed by atoms with Gasteiger partial charge in [-0.15, -0.1) is 0 Å². The molecule has 0 saturated heterocycles. The fourth-order valence-electron chi connectivity index (χ4n) is 2.04. The van der Waals surface area contributed by atoms with E-state index in [1.807, 2.05) is 7.05 Å². The number of methoxy groups -OCH3 is 1. The first-order valence-electron chi connectivity index (χ1n) is 5.66. The molecule has 2 nitrogen and oxygen atoms in total. The zero-order valence-electron chi connectivity index (χ0n) is 10.6. The molecule has 2 atom stereocenters. The van der Waals surface area contributed by atoms with Crippen molar-refractivity contribution in [2.24, 2.45) is 5.92 Å². The smallest absolute Gasteiger partial charge is 0.128 e. The van der Waals surface area contributed by atoms with Gasteiger partial charge in [0.05, 0.1) is 12.1 Å². The number of halogens is 2. The van der Waals surface area contributed by atoms with Crippen LogP contribution in [0, 0.1) is 11.7 Å². The van der Waals surface area contributed by atoms with Crippen molar-refractivity contribution in [3.63, 3.8) is 0 Å². The molecule has 0 heterocycles. The fourth-order valence-corrected chi connectivity index (χ4v) is 2.42. The Hall–Kier alpha value is -0.450. The molecule has 0 spiro atoms. The van der Waals surface area contributed by atoms with E-state index in [0.717, 1.165) is 4.47 Å². The zero-order chi connectivity index (χ0) is 13.0. The molecule has 17 heavy (non-hydrogen) atoms. The van der Waals surface area contributed by atoms with Crippen LogP contribution in [0.2, 0.25) is 0 Å². The van der Waals surface area contributed by atoms with Crippen LogP contribution in [0.4, 0.5) is 4.39 Å². The van der Waals surface area contributed by atoms with Gasteiger partial charge in [0.15, 0.2) is 0 Å². The minimum Gasteiger partial charge on any atom is -0.379 e. The number of hydrogen-bond acceptors (Lipinski definition) is 2. The van der Waals surface area contributed by atoms with Crippen LogP contribution >= 0.6 is 15.9 Å². The summed E-state index contributed by atoms with van der Waals surface area (Å²) < 4.78 is 20.2. The summed E-state index contributed by atoms with van der Waals surface area (Å²) in [5.41, 5.74) is 0.627. The van der Waals surface area contributed by atoms with Gasteiger partial charge in [0, 0.05) is 17.1 Å². The zero-order valence-corrected chi connectivity index (χ0v) is 12.2. The summed E-state index contributed by atoms with van der Waals surface area (Å²) in [6.07, 6.45) is -0.0659. The summed E-state index contributed by atoms with van der Waals surface area (Å²) in [5.74, 6) is 0.0890. The highest BCUT2D eigenvalue weighted by molar-refractivity contribution is 9.10. The van der Waals surface area contributed by atoms with Crippen molar-refractivity contribution in [2.45, 2.75) is 26.0 Å². The Balaban J connectivity index is 3.11. The van der Waals surface area contributed by atoms with Crippen LogP contribution in [0.5, 0.6) is 0 Å². The monoisotopic (exact) mass is 303 g/mol. The Morgan fingerprint density at radius 3 is 2.47 bits per heavy atom. The Bertz CT molecular complexity index is 370. The molecule has 2 unspecified atom stereocenters. The van der Waals surface area contributed by atoms with Crippen molar-refractivity contribution >= 4 is 15.9 Å². The summed E-state index contributed by atoms with van der Waals surface area (Å²) in [7, 11) is 3.48. The van der Waals surface area contributed by atoms with Crippen LogP contribution < -0.4 is 5.32 Å². The van der Waals surface area contributed by atoms with E-state index in [1.165, 1.54) is 6.07 Å². The standard InChI is InChI=1S/C13H19BrFNO/c1-8(2)13(17-4)12(16-3)10-7-9(14)5-6-11(10)15/h5-8,12-13,16H,1-4H3. The summed E-state index contributed by atoms with van der Waals surface area (Å²) >= 11 is 3.37. The van der Waals surface area contributed by atoms with Gasteiger partial charge in [-0.25, -0.2) is 4.39 Å². The molecule has 1 rings (SSSR count). The largest absolute Gasteiger partial charge is 0.379 e. The average Bonchev–Trinajstić information content (AvgIpc) is 2.28. The minimum atomic E-state index is -0.213. The van der Waals surface area contributed by atoms with Gasteiger partial charge in [0.2, 0.25) is 0 Å². The van der Waals surface area contributed by atoms with Crippen molar-refractivity contribution < 1.29 is 9.13 Å². The molecule has 0 aliphatic carbocycles. The van der Waals surface area contributed by atoms with Crippen molar-refractivity contribution in [3.8, 4) is 0 Å². The van der Waals surface area contributed by atoms with Crippen LogP contribution in [0.15, 0.2) is 22.7 Å². The number of benzene rings is 1. The molecule has 96 valence electrons. The lowest BCUT2D eigenvalue weighted by Crippen LogP contribution is -2.35. The Kier molecular flexibility index (Phi) is 5.56. The number of hydrogen-bond donors (Lipinski definition) is 1. The van der Waals surface area contributed by atoms with Crippen molar-refractivity contribution in [2.75, 3.05) is 14.2 Å². The van der Waals surface area contributed by atoms with Gasteiger partial charge in [-0.05, 0) is 31.2 Å². The second kappa shape index (κ2) is 6.47. The molecule has 0 amide bonds. The highest BCUT2D eigenvalue weighted by atomic mass is 79.9. The van der Waals surface area contributed by atoms with E-state index in [1.54, 1.807) is 19.2 Å². The van der Waals surface area contributed by atoms with Gasteiger partial charge in [-0.3, -0.25) is 0 Å². The van der Waals surface area contributed by atoms with E-state index in [4.69, 9.17) is 4.74 Å². The lowest BCUT2D eigenvalue weighted by molar-refractivity contribution is 0.0338. The van der Waals surface area contributed by atoms with E-state index >= 15 is 0 Å². The Morgan fingerprint density at radius 2 is 2.00 bits per heavy atom. The van der Waals surface area contributed by atoms with Gasteiger partial charge in [-0.2, -0.15) is 0 Å². The maximum atomic E-state index is 13.9. The molecule has 1 aromatic carbocycles. The number of ether oxygens (including phenoxy) is 1. The lowest BCUT2D eigenvalue weighted by atomic mass is 9.93. The third-order valence-corrected chi connectivity index (χ3v) is 3.36. The van der Waals surface area contributed by atoms with Crippen molar-refractivity contribution in [3.05, 3.63) is 34.1 Å². The maximum absolute atomic E-state index is 13.9. The molecule has 4 heteroatoms. The average molecular weight is 304 g/mol. The Labute approximate surface area is 111 Å². The number of rotatable bonds is 5. The highest BCUT2D eigenvalue weighted by Crippen LogP contribution is 2.28. The molecule has 0 saturated carbocycles. The van der Waals surface area contributed by atoms with E-state index < -0.39 is 0 Å². The molecule has 0 aromatic heterocycles. The van der Waals surface area contributed by atoms with E-state index in [-0.39, 0.29) is 18.0 Å². The quantitative estimate of drug-likeness (QED) is 0.898. The molecule has 0 aliphatic rings. The summed E-state index contributed by atoms with van der Waals surface area (Å²) in [4.78, 5) is 0. The molecule has 0 radical (unpaired) electrons. The van der Waals surface area contributed by atoms with E-state index in [2.05, 4.69) is 35.1 Å². The molecular weight excluding hydrogens is 285 g/mol. The number of likely N-dealkylation sites (N-methyl/N-ethyl adjacent to an activating group) is 1. The highest BCUT2D eigenvalue weighted by Gasteiger charge is 2.26. The van der Waals surface area contributed by atoms with E-state index in [0.29, 0.717) is 11.5 Å². The molecule has 0 aliphatic heterocycles. The second-order valence-electron chi connectivity index (χ2n) is 4.38. The van der Waals surface area contributed by atoms with Crippen molar-refractivity contribution in [1.82, 2.24) is 5.32 Å². The maximum Gasteiger partial charge on any atom is 0.128 e. The predicted molar refractivity (Wildman–Crippen MR) is 71.5 cm³/mol. The first-order chi connectivity index (χ1) is 8.01. The van der Waals surface area contributed by atoms with Gasteiger partial charge in [0.1, 0.15) is 5.82 Å². The lowest BCUT2D eigenvalue weighted by Gasteiger charge is -2.29. The van der Waals surface area contributed by atoms with Crippen LogP contribution in [0.25, 0.3) is 0 Å². The van der Waals surface area contributed by atoms with Crippen LogP contribution in [0.3, 0.4) is 0 Å². The van der Waals surface area contributed by atoms with E-state index in [9.17, 15) is 4.39 Å². The van der Waals surface area contributed by atoms with Crippen molar-refractivity contribution in [1.29, 1.82) is 0 Å². The first kappa shape index (κ1) is 14.6. The predicted octanol–water partition coefficient (Wildman–Crippen LogP) is 3.52.